The normalized spacial score (nSPS) is 14.7. The number of carboxylic acids is 1. The van der Waals surface area contributed by atoms with E-state index in [0.29, 0.717) is 11.6 Å². The van der Waals surface area contributed by atoms with E-state index in [1.807, 2.05) is 0 Å². The predicted octanol–water partition coefficient (Wildman–Crippen LogP) is 1.12. The summed E-state index contributed by atoms with van der Waals surface area (Å²) in [6.45, 7) is 0.0212. The van der Waals surface area contributed by atoms with E-state index < -0.39 is 23.9 Å². The van der Waals surface area contributed by atoms with E-state index in [2.05, 4.69) is 16.0 Å². The summed E-state index contributed by atoms with van der Waals surface area (Å²) >= 11 is 5.76. The van der Waals surface area contributed by atoms with E-state index in [9.17, 15) is 14.4 Å². The highest BCUT2D eigenvalue weighted by molar-refractivity contribution is 6.30. The molecule has 0 aromatic heterocycles. The first-order valence-electron chi connectivity index (χ1n) is 7.24. The molecule has 1 aromatic rings. The van der Waals surface area contributed by atoms with Gasteiger partial charge in [-0.05, 0) is 36.5 Å². The van der Waals surface area contributed by atoms with Crippen molar-refractivity contribution < 1.29 is 19.5 Å². The Morgan fingerprint density at radius 3 is 2.39 bits per heavy atom. The average Bonchev–Trinajstić information content (AvgIpc) is 3.34. The van der Waals surface area contributed by atoms with E-state index in [0.717, 1.165) is 18.4 Å². The third kappa shape index (κ3) is 5.78. The summed E-state index contributed by atoms with van der Waals surface area (Å²) in [5.74, 6) is -1.57. The molecule has 1 fully saturated rings. The van der Waals surface area contributed by atoms with Crippen LogP contribution in [-0.4, -0.2) is 35.6 Å². The molecular formula is C15H18ClN3O4. The van der Waals surface area contributed by atoms with Crippen LogP contribution in [-0.2, 0) is 16.1 Å². The Morgan fingerprint density at radius 1 is 1.17 bits per heavy atom. The molecule has 0 bridgehead atoms. The van der Waals surface area contributed by atoms with Crippen LogP contribution in [0.3, 0.4) is 0 Å². The average molecular weight is 340 g/mol. The third-order valence-corrected chi connectivity index (χ3v) is 3.70. The monoisotopic (exact) mass is 339 g/mol. The highest BCUT2D eigenvalue weighted by atomic mass is 35.5. The van der Waals surface area contributed by atoms with Crippen LogP contribution in [0, 0.1) is 5.92 Å². The molecule has 0 aliphatic heterocycles. The lowest BCUT2D eigenvalue weighted by atomic mass is 10.2. The van der Waals surface area contributed by atoms with Crippen LogP contribution in [0.2, 0.25) is 5.02 Å². The third-order valence-electron chi connectivity index (χ3n) is 3.45. The Kier molecular flexibility index (Phi) is 5.81. The van der Waals surface area contributed by atoms with Crippen LogP contribution in [0.4, 0.5) is 4.79 Å². The van der Waals surface area contributed by atoms with Gasteiger partial charge in [0.1, 0.15) is 6.04 Å². The van der Waals surface area contributed by atoms with Crippen molar-refractivity contribution in [2.75, 3.05) is 6.54 Å². The quantitative estimate of drug-likeness (QED) is 0.597. The number of carbonyl (C=O) groups excluding carboxylic acids is 2. The zero-order valence-electron chi connectivity index (χ0n) is 12.3. The van der Waals surface area contributed by atoms with Crippen LogP contribution in [0.15, 0.2) is 24.3 Å². The first kappa shape index (κ1) is 17.1. The summed E-state index contributed by atoms with van der Waals surface area (Å²) in [5, 5.41) is 17.0. The van der Waals surface area contributed by atoms with Crippen LogP contribution in [0.1, 0.15) is 18.4 Å². The van der Waals surface area contributed by atoms with E-state index in [4.69, 9.17) is 16.7 Å². The van der Waals surface area contributed by atoms with E-state index >= 15 is 0 Å². The van der Waals surface area contributed by atoms with Gasteiger partial charge in [-0.2, -0.15) is 0 Å². The number of amides is 3. The van der Waals surface area contributed by atoms with Gasteiger partial charge in [-0.1, -0.05) is 23.7 Å². The topological polar surface area (TPSA) is 108 Å². The second-order valence-electron chi connectivity index (χ2n) is 5.38. The molecule has 7 nitrogen and oxygen atoms in total. The molecule has 124 valence electrons. The van der Waals surface area contributed by atoms with E-state index in [1.165, 1.54) is 0 Å². The lowest BCUT2D eigenvalue weighted by Gasteiger charge is -2.14. The number of halogens is 1. The highest BCUT2D eigenvalue weighted by Crippen LogP contribution is 2.32. The van der Waals surface area contributed by atoms with Gasteiger partial charge in [-0.3, -0.25) is 4.79 Å². The number of rotatable bonds is 7. The molecule has 1 aliphatic carbocycles. The smallest absolute Gasteiger partial charge is 0.326 e. The van der Waals surface area contributed by atoms with Crippen LogP contribution in [0.25, 0.3) is 0 Å². The van der Waals surface area contributed by atoms with Crippen molar-refractivity contribution in [2.24, 2.45) is 5.92 Å². The van der Waals surface area contributed by atoms with Crippen molar-refractivity contribution in [3.05, 3.63) is 34.9 Å². The Hall–Kier alpha value is -2.28. The minimum absolute atomic E-state index is 0.00446. The molecule has 3 amide bonds. The molecule has 8 heteroatoms. The van der Waals surface area contributed by atoms with E-state index in [-0.39, 0.29) is 12.5 Å². The number of hydrogen-bond acceptors (Lipinski definition) is 3. The van der Waals surface area contributed by atoms with Gasteiger partial charge in [0.05, 0.1) is 6.54 Å². The van der Waals surface area contributed by atoms with Crippen molar-refractivity contribution in [1.82, 2.24) is 16.0 Å². The summed E-state index contributed by atoms with van der Waals surface area (Å²) in [5.41, 5.74) is 0.869. The Bertz CT molecular complexity index is 587. The minimum Gasteiger partial charge on any atom is -0.480 e. The fourth-order valence-electron chi connectivity index (χ4n) is 2.04. The molecule has 1 unspecified atom stereocenters. The number of urea groups is 1. The molecule has 0 saturated heterocycles. The zero-order valence-corrected chi connectivity index (χ0v) is 13.1. The molecule has 0 radical (unpaired) electrons. The molecule has 1 saturated carbocycles. The van der Waals surface area contributed by atoms with Crippen molar-refractivity contribution in [1.29, 1.82) is 0 Å². The second-order valence-corrected chi connectivity index (χ2v) is 5.82. The summed E-state index contributed by atoms with van der Waals surface area (Å²) < 4.78 is 0. The summed E-state index contributed by atoms with van der Waals surface area (Å²) in [6.07, 6.45) is 1.60. The highest BCUT2D eigenvalue weighted by Gasteiger charge is 2.37. The van der Waals surface area contributed by atoms with Gasteiger partial charge in [0.2, 0.25) is 5.91 Å². The molecule has 23 heavy (non-hydrogen) atoms. The maximum atomic E-state index is 11.7. The number of nitrogens with one attached hydrogen (secondary N) is 3. The van der Waals surface area contributed by atoms with Crippen molar-refractivity contribution in [3.63, 3.8) is 0 Å². The molecule has 1 aliphatic rings. The summed E-state index contributed by atoms with van der Waals surface area (Å²) in [7, 11) is 0. The first-order chi connectivity index (χ1) is 11.0. The maximum absolute atomic E-state index is 11.7. The number of hydrogen-bond donors (Lipinski definition) is 4. The summed E-state index contributed by atoms with van der Waals surface area (Å²) in [4.78, 5) is 34.3. The zero-order chi connectivity index (χ0) is 16.8. The molecule has 1 atom stereocenters. The molecule has 0 heterocycles. The Balaban J connectivity index is 1.68. The van der Waals surface area contributed by atoms with Gasteiger partial charge in [0, 0.05) is 11.6 Å². The number of carbonyl (C=O) groups is 3. The first-order valence-corrected chi connectivity index (χ1v) is 7.62. The fraction of sp³-hybridized carbons (Fsp3) is 0.400. The maximum Gasteiger partial charge on any atom is 0.326 e. The fourth-order valence-corrected chi connectivity index (χ4v) is 2.17. The van der Waals surface area contributed by atoms with E-state index in [1.54, 1.807) is 24.3 Å². The number of aliphatic carboxylic acids is 1. The molecule has 1 aromatic carbocycles. The lowest BCUT2D eigenvalue weighted by Crippen LogP contribution is -2.48. The Morgan fingerprint density at radius 2 is 1.83 bits per heavy atom. The van der Waals surface area contributed by atoms with Crippen LogP contribution < -0.4 is 16.0 Å². The Labute approximate surface area is 138 Å². The molecule has 0 spiro atoms. The van der Waals surface area contributed by atoms with Crippen molar-refractivity contribution in [3.8, 4) is 0 Å². The van der Waals surface area contributed by atoms with Crippen LogP contribution >= 0.6 is 11.6 Å². The standard InChI is InChI=1S/C15H18ClN3O4/c16-11-5-1-9(2-6-11)7-17-15(23)18-8-12(20)19-13(14(21)22)10-3-4-10/h1-2,5-6,10,13H,3-4,7-8H2,(H,19,20)(H,21,22)(H2,17,18,23). The predicted molar refractivity (Wildman–Crippen MR) is 84.0 cm³/mol. The largest absolute Gasteiger partial charge is 0.480 e. The van der Waals surface area contributed by atoms with Gasteiger partial charge < -0.3 is 21.1 Å². The molecular weight excluding hydrogens is 322 g/mol. The lowest BCUT2D eigenvalue weighted by molar-refractivity contribution is -0.142. The van der Waals surface area contributed by atoms with Crippen molar-refractivity contribution in [2.45, 2.75) is 25.4 Å². The summed E-state index contributed by atoms with van der Waals surface area (Å²) in [6, 6.07) is 5.61. The van der Waals surface area contributed by atoms with Crippen LogP contribution in [0.5, 0.6) is 0 Å². The SMILES string of the molecule is O=C(CNC(=O)NCc1ccc(Cl)cc1)NC(C(=O)O)C1CC1. The minimum atomic E-state index is -1.05. The van der Waals surface area contributed by atoms with Gasteiger partial charge in [0.15, 0.2) is 0 Å². The van der Waals surface area contributed by atoms with Crippen molar-refractivity contribution >= 4 is 29.5 Å². The second kappa shape index (κ2) is 7.82. The molecule has 4 N–H and O–H groups in total. The molecule has 2 rings (SSSR count). The van der Waals surface area contributed by atoms with Gasteiger partial charge in [0.25, 0.3) is 0 Å². The number of carboxylic acid groups (broad SMARTS) is 1. The van der Waals surface area contributed by atoms with Gasteiger partial charge in [-0.25, -0.2) is 9.59 Å². The number of benzene rings is 1. The van der Waals surface area contributed by atoms with Gasteiger partial charge in [-0.15, -0.1) is 0 Å². The van der Waals surface area contributed by atoms with Gasteiger partial charge >= 0.3 is 12.0 Å².